The maximum Gasteiger partial charge on any atom is 0.224 e. The lowest BCUT2D eigenvalue weighted by atomic mass is 10.1. The van der Waals surface area contributed by atoms with Gasteiger partial charge in [-0.1, -0.05) is 0 Å². The summed E-state index contributed by atoms with van der Waals surface area (Å²) in [6.45, 7) is 0. The molecule has 1 atom stereocenters. The Morgan fingerprint density at radius 3 is 2.89 bits per heavy atom. The molecular formula is C11H14ClN3OS2. The summed E-state index contributed by atoms with van der Waals surface area (Å²) in [6.07, 6.45) is 2.97. The second kappa shape index (κ2) is 5.35. The van der Waals surface area contributed by atoms with E-state index in [-0.39, 0.29) is 5.28 Å². The third-order valence-electron chi connectivity index (χ3n) is 3.22. The molecule has 1 aromatic rings. The van der Waals surface area contributed by atoms with E-state index in [1.165, 1.54) is 11.5 Å². The van der Waals surface area contributed by atoms with E-state index in [0.717, 1.165) is 29.9 Å². The zero-order valence-electron chi connectivity index (χ0n) is 9.82. The SMILES string of the molecule is O=[S@@]1CCc2nc(Cl)nc(NC3CCSCC3)c21. The first-order valence-corrected chi connectivity index (χ1v) is 8.88. The van der Waals surface area contributed by atoms with Crippen LogP contribution in [-0.4, -0.2) is 37.5 Å². The number of fused-ring (bicyclic) bond motifs is 1. The molecule has 2 aliphatic rings. The topological polar surface area (TPSA) is 54.9 Å². The van der Waals surface area contributed by atoms with Crippen LogP contribution in [0.25, 0.3) is 0 Å². The van der Waals surface area contributed by atoms with Crippen molar-refractivity contribution in [3.8, 4) is 0 Å². The third kappa shape index (κ3) is 2.51. The Morgan fingerprint density at radius 2 is 2.11 bits per heavy atom. The number of anilines is 1. The summed E-state index contributed by atoms with van der Waals surface area (Å²) in [5.74, 6) is 3.67. The number of aryl methyl sites for hydroxylation is 1. The van der Waals surface area contributed by atoms with Crippen LogP contribution < -0.4 is 5.32 Å². The second-order valence-corrected chi connectivity index (χ2v) is 7.52. The molecule has 3 heterocycles. The zero-order valence-corrected chi connectivity index (χ0v) is 12.2. The number of nitrogens with zero attached hydrogens (tertiary/aromatic N) is 2. The van der Waals surface area contributed by atoms with Gasteiger partial charge in [0.15, 0.2) is 0 Å². The fraction of sp³-hybridized carbons (Fsp3) is 0.636. The Labute approximate surface area is 118 Å². The number of rotatable bonds is 2. The summed E-state index contributed by atoms with van der Waals surface area (Å²) in [4.78, 5) is 9.18. The lowest BCUT2D eigenvalue weighted by Gasteiger charge is -2.23. The molecule has 1 aromatic heterocycles. The van der Waals surface area contributed by atoms with Crippen LogP contribution in [0.1, 0.15) is 18.5 Å². The van der Waals surface area contributed by atoms with Crippen LogP contribution in [0.5, 0.6) is 0 Å². The minimum Gasteiger partial charge on any atom is -0.366 e. The molecule has 1 N–H and O–H groups in total. The van der Waals surface area contributed by atoms with Crippen molar-refractivity contribution in [3.05, 3.63) is 11.0 Å². The first-order valence-electron chi connectivity index (χ1n) is 6.03. The van der Waals surface area contributed by atoms with Crippen LogP contribution in [0.4, 0.5) is 5.82 Å². The van der Waals surface area contributed by atoms with Gasteiger partial charge in [0, 0.05) is 18.2 Å². The molecule has 4 nitrogen and oxygen atoms in total. The smallest absolute Gasteiger partial charge is 0.224 e. The monoisotopic (exact) mass is 303 g/mol. The highest BCUT2D eigenvalue weighted by molar-refractivity contribution is 7.99. The molecule has 0 spiro atoms. The fourth-order valence-electron chi connectivity index (χ4n) is 2.30. The maximum atomic E-state index is 12.0. The molecule has 18 heavy (non-hydrogen) atoms. The van der Waals surface area contributed by atoms with E-state index in [9.17, 15) is 4.21 Å². The number of hydrogen-bond acceptors (Lipinski definition) is 5. The van der Waals surface area contributed by atoms with E-state index >= 15 is 0 Å². The highest BCUT2D eigenvalue weighted by Crippen LogP contribution is 2.30. The Hall–Kier alpha value is -0.330. The van der Waals surface area contributed by atoms with Crippen molar-refractivity contribution in [3.63, 3.8) is 0 Å². The van der Waals surface area contributed by atoms with Crippen LogP contribution in [0.15, 0.2) is 4.90 Å². The van der Waals surface area contributed by atoms with Gasteiger partial charge < -0.3 is 5.32 Å². The molecule has 7 heteroatoms. The standard InChI is InChI=1S/C11H14ClN3OS2/c12-11-14-8-3-6-18(16)9(8)10(15-11)13-7-1-4-17-5-2-7/h7H,1-6H2,(H,13,14,15)/t18-/m1/s1. The fourth-order valence-corrected chi connectivity index (χ4v) is 4.91. The molecule has 0 aliphatic carbocycles. The predicted octanol–water partition coefficient (Wildman–Crippen LogP) is 2.10. The number of thioether (sulfide) groups is 1. The quantitative estimate of drug-likeness (QED) is 0.848. The molecule has 0 bridgehead atoms. The molecule has 1 saturated heterocycles. The normalized spacial score (nSPS) is 23.9. The number of aromatic nitrogens is 2. The van der Waals surface area contributed by atoms with E-state index in [4.69, 9.17) is 11.6 Å². The van der Waals surface area contributed by atoms with Gasteiger partial charge in [-0.05, 0) is 35.9 Å². The van der Waals surface area contributed by atoms with E-state index < -0.39 is 10.8 Å². The van der Waals surface area contributed by atoms with Crippen molar-refractivity contribution in [2.75, 3.05) is 22.6 Å². The molecule has 0 aromatic carbocycles. The van der Waals surface area contributed by atoms with Gasteiger partial charge in [-0.2, -0.15) is 16.7 Å². The van der Waals surface area contributed by atoms with Crippen LogP contribution in [0, 0.1) is 0 Å². The first-order chi connectivity index (χ1) is 8.74. The van der Waals surface area contributed by atoms with Crippen molar-refractivity contribution < 1.29 is 4.21 Å². The summed E-state index contributed by atoms with van der Waals surface area (Å²) in [6, 6.07) is 0.416. The van der Waals surface area contributed by atoms with Crippen LogP contribution >= 0.6 is 23.4 Å². The lowest BCUT2D eigenvalue weighted by Crippen LogP contribution is -2.25. The van der Waals surface area contributed by atoms with E-state index in [2.05, 4.69) is 15.3 Å². The van der Waals surface area contributed by atoms with Gasteiger partial charge in [0.05, 0.1) is 16.5 Å². The average Bonchev–Trinajstić information content (AvgIpc) is 2.72. The molecule has 0 saturated carbocycles. The van der Waals surface area contributed by atoms with E-state index in [0.29, 0.717) is 17.6 Å². The summed E-state index contributed by atoms with van der Waals surface area (Å²) in [7, 11) is -0.973. The largest absolute Gasteiger partial charge is 0.366 e. The minimum atomic E-state index is -0.973. The Kier molecular flexibility index (Phi) is 3.77. The number of hydrogen-bond donors (Lipinski definition) is 1. The maximum absolute atomic E-state index is 12.0. The molecule has 98 valence electrons. The van der Waals surface area contributed by atoms with Crippen LogP contribution in [0.3, 0.4) is 0 Å². The van der Waals surface area contributed by atoms with Crippen molar-refractivity contribution >= 4 is 40.0 Å². The Bertz CT molecular complexity index is 491. The molecule has 0 radical (unpaired) electrons. The minimum absolute atomic E-state index is 0.250. The Balaban J connectivity index is 1.89. The van der Waals surface area contributed by atoms with Crippen molar-refractivity contribution in [1.29, 1.82) is 0 Å². The summed E-state index contributed by atoms with van der Waals surface area (Å²) in [5, 5.41) is 3.66. The van der Waals surface area contributed by atoms with Gasteiger partial charge in [-0.25, -0.2) is 4.98 Å². The molecule has 0 unspecified atom stereocenters. The molecule has 2 aliphatic heterocycles. The second-order valence-electron chi connectivity index (χ2n) is 4.45. The summed E-state index contributed by atoms with van der Waals surface area (Å²) in [5.41, 5.74) is 0.848. The van der Waals surface area contributed by atoms with Gasteiger partial charge in [0.1, 0.15) is 10.7 Å². The van der Waals surface area contributed by atoms with Gasteiger partial charge >= 0.3 is 0 Å². The van der Waals surface area contributed by atoms with E-state index in [1.54, 1.807) is 0 Å². The Morgan fingerprint density at radius 1 is 1.33 bits per heavy atom. The van der Waals surface area contributed by atoms with Crippen molar-refractivity contribution in [1.82, 2.24) is 9.97 Å². The highest BCUT2D eigenvalue weighted by Gasteiger charge is 2.27. The highest BCUT2D eigenvalue weighted by atomic mass is 35.5. The summed E-state index contributed by atoms with van der Waals surface area (Å²) >= 11 is 7.91. The predicted molar refractivity (Wildman–Crippen MR) is 76.0 cm³/mol. The van der Waals surface area contributed by atoms with Crippen LogP contribution in [-0.2, 0) is 17.2 Å². The average molecular weight is 304 g/mol. The molecule has 0 amide bonds. The lowest BCUT2D eigenvalue weighted by molar-refractivity contribution is 0.659. The van der Waals surface area contributed by atoms with Gasteiger partial charge in [-0.3, -0.25) is 4.21 Å². The van der Waals surface area contributed by atoms with Gasteiger partial charge in [-0.15, -0.1) is 0 Å². The van der Waals surface area contributed by atoms with Crippen molar-refractivity contribution in [2.24, 2.45) is 0 Å². The number of halogens is 1. The molecule has 1 fully saturated rings. The summed E-state index contributed by atoms with van der Waals surface area (Å²) < 4.78 is 12.0. The van der Waals surface area contributed by atoms with Crippen LogP contribution in [0.2, 0.25) is 5.28 Å². The van der Waals surface area contributed by atoms with E-state index in [1.807, 2.05) is 11.8 Å². The van der Waals surface area contributed by atoms with Gasteiger partial charge in [0.25, 0.3) is 0 Å². The number of nitrogens with one attached hydrogen (secondary N) is 1. The first kappa shape index (κ1) is 12.7. The third-order valence-corrected chi connectivity index (χ3v) is 5.90. The zero-order chi connectivity index (χ0) is 12.5. The van der Waals surface area contributed by atoms with Crippen molar-refractivity contribution in [2.45, 2.75) is 30.2 Å². The molecule has 3 rings (SSSR count). The van der Waals surface area contributed by atoms with Gasteiger partial charge in [0.2, 0.25) is 5.28 Å². The molecular weight excluding hydrogens is 290 g/mol.